The predicted octanol–water partition coefficient (Wildman–Crippen LogP) is 6.06. The minimum absolute atomic E-state index is 0.239. The van der Waals surface area contributed by atoms with Gasteiger partial charge in [0.1, 0.15) is 23.3 Å². The number of imidazole rings is 1. The molecule has 5 aromatic rings. The highest BCUT2D eigenvalue weighted by Gasteiger charge is 2.24. The molecule has 7 nitrogen and oxygen atoms in total. The molecule has 0 saturated heterocycles. The molecule has 1 N–H and O–H groups in total. The van der Waals surface area contributed by atoms with Crippen LogP contribution in [0.15, 0.2) is 78.4 Å². The highest BCUT2D eigenvalue weighted by Crippen LogP contribution is 2.40. The van der Waals surface area contributed by atoms with Crippen molar-refractivity contribution in [3.63, 3.8) is 0 Å². The summed E-state index contributed by atoms with van der Waals surface area (Å²) in [5, 5.41) is 8.94. The number of hydrogen-bond acceptors (Lipinski definition) is 6. The Bertz CT molecular complexity index is 1520. The van der Waals surface area contributed by atoms with Crippen LogP contribution in [0.3, 0.4) is 0 Å². The SMILES string of the molecule is COc1ccc(-c2nc3cnccn3c2Nc2ccc3c(c2)CCC3N=O)c2ccccc12. The summed E-state index contributed by atoms with van der Waals surface area (Å²) in [5.74, 6) is 1.68. The molecule has 33 heavy (non-hydrogen) atoms. The van der Waals surface area contributed by atoms with E-state index in [1.165, 1.54) is 0 Å². The van der Waals surface area contributed by atoms with Crippen LogP contribution < -0.4 is 10.1 Å². The molecule has 0 spiro atoms. The Kier molecular flexibility index (Phi) is 4.54. The summed E-state index contributed by atoms with van der Waals surface area (Å²) in [4.78, 5) is 20.3. The largest absolute Gasteiger partial charge is 0.496 e. The van der Waals surface area contributed by atoms with Crippen molar-refractivity contribution >= 4 is 27.9 Å². The van der Waals surface area contributed by atoms with Gasteiger partial charge in [0, 0.05) is 29.0 Å². The van der Waals surface area contributed by atoms with Crippen molar-refractivity contribution in [1.82, 2.24) is 14.4 Å². The van der Waals surface area contributed by atoms with Crippen LogP contribution >= 0.6 is 0 Å². The van der Waals surface area contributed by atoms with Gasteiger partial charge >= 0.3 is 0 Å². The lowest BCUT2D eigenvalue weighted by molar-refractivity contribution is 0.420. The first-order valence-electron chi connectivity index (χ1n) is 10.9. The molecular formula is C26H21N5O2. The van der Waals surface area contributed by atoms with E-state index in [1.807, 2.05) is 47.0 Å². The molecule has 1 unspecified atom stereocenters. The third kappa shape index (κ3) is 3.12. The number of nitroso groups, excluding NO2 is 1. The van der Waals surface area contributed by atoms with E-state index in [9.17, 15) is 4.91 Å². The van der Waals surface area contributed by atoms with Crippen molar-refractivity contribution in [2.45, 2.75) is 18.9 Å². The first kappa shape index (κ1) is 19.4. The summed E-state index contributed by atoms with van der Waals surface area (Å²) in [6.45, 7) is 0. The minimum Gasteiger partial charge on any atom is -0.496 e. The number of nitrogens with one attached hydrogen (secondary N) is 1. The number of fused-ring (bicyclic) bond motifs is 3. The van der Waals surface area contributed by atoms with E-state index < -0.39 is 0 Å². The third-order valence-corrected chi connectivity index (χ3v) is 6.37. The van der Waals surface area contributed by atoms with E-state index in [4.69, 9.17) is 9.72 Å². The molecule has 0 saturated carbocycles. The number of nitrogens with zero attached hydrogens (tertiary/aromatic N) is 4. The zero-order valence-electron chi connectivity index (χ0n) is 18.0. The Hall–Kier alpha value is -4.26. The van der Waals surface area contributed by atoms with Gasteiger partial charge in [0.25, 0.3) is 0 Å². The molecule has 1 aliphatic carbocycles. The van der Waals surface area contributed by atoms with E-state index in [-0.39, 0.29) is 6.04 Å². The molecule has 6 rings (SSSR count). The van der Waals surface area contributed by atoms with Crippen LogP contribution in [0.5, 0.6) is 5.75 Å². The second-order valence-electron chi connectivity index (χ2n) is 8.17. The fourth-order valence-corrected chi connectivity index (χ4v) is 4.79. The predicted molar refractivity (Wildman–Crippen MR) is 129 cm³/mol. The molecule has 1 aliphatic rings. The number of rotatable bonds is 5. The molecule has 2 aromatic heterocycles. The number of benzene rings is 3. The Labute approximate surface area is 190 Å². The Morgan fingerprint density at radius 2 is 2.00 bits per heavy atom. The van der Waals surface area contributed by atoms with E-state index in [2.05, 4.69) is 33.7 Å². The van der Waals surface area contributed by atoms with Crippen molar-refractivity contribution in [1.29, 1.82) is 0 Å². The first-order valence-corrected chi connectivity index (χ1v) is 10.9. The molecule has 7 heteroatoms. The zero-order chi connectivity index (χ0) is 22.4. The average molecular weight is 435 g/mol. The fourth-order valence-electron chi connectivity index (χ4n) is 4.79. The van der Waals surface area contributed by atoms with Crippen LogP contribution in [0.1, 0.15) is 23.6 Å². The van der Waals surface area contributed by atoms with Gasteiger partial charge in [-0.3, -0.25) is 9.38 Å². The molecule has 0 amide bonds. The molecule has 0 radical (unpaired) electrons. The van der Waals surface area contributed by atoms with Crippen LogP contribution in [0.2, 0.25) is 0 Å². The van der Waals surface area contributed by atoms with Gasteiger partial charge in [-0.15, -0.1) is 0 Å². The van der Waals surface area contributed by atoms with Crippen molar-refractivity contribution in [3.8, 4) is 17.0 Å². The van der Waals surface area contributed by atoms with Gasteiger partial charge in [-0.1, -0.05) is 35.5 Å². The lowest BCUT2D eigenvalue weighted by Gasteiger charge is -2.13. The van der Waals surface area contributed by atoms with E-state index >= 15 is 0 Å². The Morgan fingerprint density at radius 3 is 2.85 bits per heavy atom. The van der Waals surface area contributed by atoms with Crippen LogP contribution in [-0.2, 0) is 6.42 Å². The van der Waals surface area contributed by atoms with Crippen molar-refractivity contribution in [2.24, 2.45) is 5.18 Å². The molecule has 0 aliphatic heterocycles. The fraction of sp³-hybridized carbons (Fsp3) is 0.154. The average Bonchev–Trinajstić information content (AvgIpc) is 3.44. The lowest BCUT2D eigenvalue weighted by atomic mass is 10.0. The highest BCUT2D eigenvalue weighted by atomic mass is 16.5. The second kappa shape index (κ2) is 7.70. The number of methoxy groups -OCH3 is 1. The van der Waals surface area contributed by atoms with Crippen LogP contribution in [0.4, 0.5) is 11.5 Å². The summed E-state index contributed by atoms with van der Waals surface area (Å²) in [5.41, 5.74) is 5.72. The molecule has 0 fully saturated rings. The number of aryl methyl sites for hydroxylation is 1. The summed E-state index contributed by atoms with van der Waals surface area (Å²) in [7, 11) is 1.68. The van der Waals surface area contributed by atoms with Crippen molar-refractivity contribution in [3.05, 3.63) is 89.2 Å². The Morgan fingerprint density at radius 1 is 1.12 bits per heavy atom. The van der Waals surface area contributed by atoms with E-state index in [0.29, 0.717) is 0 Å². The topological polar surface area (TPSA) is 80.9 Å². The molecule has 162 valence electrons. The standard InChI is InChI=1S/C26H21N5O2/c1-33-23-11-9-21(19-4-2-3-5-20(19)23)25-26(31-13-12-27-15-24(31)29-25)28-17-7-8-18-16(14-17)6-10-22(18)30-32/h2-5,7-9,11-15,22,28H,6,10H2,1H3. The Balaban J connectivity index is 1.52. The number of aromatic nitrogens is 3. The first-order chi connectivity index (χ1) is 16.3. The van der Waals surface area contributed by atoms with Crippen LogP contribution in [0, 0.1) is 4.91 Å². The van der Waals surface area contributed by atoms with Gasteiger partial charge in [0.2, 0.25) is 0 Å². The van der Waals surface area contributed by atoms with Crippen molar-refractivity contribution in [2.75, 3.05) is 12.4 Å². The normalized spacial score (nSPS) is 15.0. The van der Waals surface area contributed by atoms with Gasteiger partial charge in [-0.2, -0.15) is 4.91 Å². The maximum Gasteiger partial charge on any atom is 0.157 e. The molecule has 3 aromatic carbocycles. The van der Waals surface area contributed by atoms with E-state index in [1.54, 1.807) is 19.5 Å². The maximum absolute atomic E-state index is 11.1. The van der Waals surface area contributed by atoms with Gasteiger partial charge < -0.3 is 10.1 Å². The summed E-state index contributed by atoms with van der Waals surface area (Å²) in [6, 6.07) is 18.1. The number of anilines is 2. The summed E-state index contributed by atoms with van der Waals surface area (Å²) >= 11 is 0. The summed E-state index contributed by atoms with van der Waals surface area (Å²) < 4.78 is 7.59. The zero-order valence-corrected chi connectivity index (χ0v) is 18.0. The number of ether oxygens (including phenoxy) is 1. The van der Waals surface area contributed by atoms with Gasteiger partial charge in [-0.25, -0.2) is 4.98 Å². The maximum atomic E-state index is 11.1. The van der Waals surface area contributed by atoms with Crippen LogP contribution in [0.25, 0.3) is 27.7 Å². The second-order valence-corrected chi connectivity index (χ2v) is 8.17. The van der Waals surface area contributed by atoms with E-state index in [0.717, 1.165) is 68.9 Å². The molecule has 2 heterocycles. The van der Waals surface area contributed by atoms with Gasteiger partial charge in [0.15, 0.2) is 5.65 Å². The van der Waals surface area contributed by atoms with Crippen molar-refractivity contribution < 1.29 is 4.74 Å². The lowest BCUT2D eigenvalue weighted by Crippen LogP contribution is -1.99. The minimum atomic E-state index is -0.239. The molecule has 0 bridgehead atoms. The highest BCUT2D eigenvalue weighted by molar-refractivity contribution is 6.02. The quantitative estimate of drug-likeness (QED) is 0.340. The smallest absolute Gasteiger partial charge is 0.157 e. The molecular weight excluding hydrogens is 414 g/mol. The van der Waals surface area contributed by atoms with Gasteiger partial charge in [0.05, 0.1) is 13.3 Å². The molecule has 1 atom stereocenters. The number of hydrogen-bond donors (Lipinski definition) is 1. The van der Waals surface area contributed by atoms with Gasteiger partial charge in [-0.05, 0) is 53.6 Å². The summed E-state index contributed by atoms with van der Waals surface area (Å²) in [6.07, 6.45) is 7.03. The monoisotopic (exact) mass is 435 g/mol. The third-order valence-electron chi connectivity index (χ3n) is 6.37. The van der Waals surface area contributed by atoms with Crippen LogP contribution in [-0.4, -0.2) is 21.5 Å².